The Morgan fingerprint density at radius 2 is 1.42 bits per heavy atom. The van der Waals surface area contributed by atoms with Gasteiger partial charge in [0.05, 0.1) is 11.1 Å². The van der Waals surface area contributed by atoms with Crippen molar-refractivity contribution in [3.05, 3.63) is 120 Å². The van der Waals surface area contributed by atoms with Crippen LogP contribution in [0.5, 0.6) is 0 Å². The molecule has 0 spiro atoms. The van der Waals surface area contributed by atoms with Gasteiger partial charge in [0.1, 0.15) is 6.61 Å². The maximum absolute atomic E-state index is 12.6. The average molecular weight is 850 g/mol. The third kappa shape index (κ3) is 19.6. The van der Waals surface area contributed by atoms with Crippen LogP contribution in [-0.2, 0) is 50.5 Å². The number of aliphatic hydroxyl groups is 1. The quantitative estimate of drug-likeness (QED) is 0.141. The Labute approximate surface area is 329 Å². The van der Waals surface area contributed by atoms with Gasteiger partial charge in [0.2, 0.25) is 0 Å². The van der Waals surface area contributed by atoms with Crippen LogP contribution in [-0.4, -0.2) is 49.4 Å². The molecule has 0 aromatic heterocycles. The Kier molecular flexibility index (Phi) is 28.0. The Morgan fingerprint density at radius 1 is 0.849 bits per heavy atom. The molecule has 0 saturated carbocycles. The number of amides is 1. The molecule has 2 aliphatic rings. The monoisotopic (exact) mass is 849 g/mol. The van der Waals surface area contributed by atoms with E-state index >= 15 is 0 Å². The van der Waals surface area contributed by atoms with Gasteiger partial charge in [0.15, 0.2) is 0 Å². The van der Waals surface area contributed by atoms with Crippen molar-refractivity contribution in [1.82, 2.24) is 10.2 Å². The molecule has 2 aliphatic heterocycles. The van der Waals surface area contributed by atoms with E-state index in [0.29, 0.717) is 24.6 Å². The van der Waals surface area contributed by atoms with E-state index in [4.69, 9.17) is 9.84 Å². The molecule has 306 valence electrons. The molecule has 5 rings (SSSR count). The summed E-state index contributed by atoms with van der Waals surface area (Å²) in [7, 11) is 1.00. The Morgan fingerprint density at radius 3 is 1.94 bits per heavy atom. The topological polar surface area (TPSA) is 61.8 Å². The number of hydrogen-bond donors (Lipinski definition) is 2. The van der Waals surface area contributed by atoms with Crippen molar-refractivity contribution < 1.29 is 62.8 Å². The fourth-order valence-electron chi connectivity index (χ4n) is 5.58. The van der Waals surface area contributed by atoms with Gasteiger partial charge in [-0.2, -0.15) is 26.3 Å². The fourth-order valence-corrected chi connectivity index (χ4v) is 5.58. The summed E-state index contributed by atoms with van der Waals surface area (Å²) in [6, 6.07) is 20.1. The van der Waals surface area contributed by atoms with Crippen LogP contribution < -0.4 is 5.32 Å². The number of likely N-dealkylation sites (tertiary alicyclic amines) is 1. The molecular formula is C41H61F6N2O3Pd-. The number of nitrogens with zero attached hydrogens (tertiary/aromatic N) is 1. The van der Waals surface area contributed by atoms with E-state index in [9.17, 15) is 31.1 Å². The third-order valence-electron chi connectivity index (χ3n) is 8.24. The number of carbonyl (C=O) groups is 1. The number of carbonyl (C=O) groups excluding carboxylic acids is 1. The van der Waals surface area contributed by atoms with Crippen molar-refractivity contribution in [3.8, 4) is 0 Å². The van der Waals surface area contributed by atoms with Crippen molar-refractivity contribution in [2.45, 2.75) is 79.8 Å². The summed E-state index contributed by atoms with van der Waals surface area (Å²) in [5.74, 6) is 0.821. The van der Waals surface area contributed by atoms with Gasteiger partial charge < -0.3 is 27.5 Å². The SMILES string of the molecule is C.C.C.CO.FC(F)(F)c1ccc(CCC2CCCNC2)cc1.O=C(OCc1ccccc1)N1CCCC(C=Cc2ccc(C(F)(F)F)cc2)C1.[CH3-].[HH].[Pd]. The Bertz CT molecular complexity index is 1390. The molecule has 3 aromatic rings. The van der Waals surface area contributed by atoms with Crippen molar-refractivity contribution in [3.63, 3.8) is 0 Å². The van der Waals surface area contributed by atoms with Crippen LogP contribution in [0.3, 0.4) is 0 Å². The van der Waals surface area contributed by atoms with E-state index in [2.05, 4.69) is 5.32 Å². The van der Waals surface area contributed by atoms with Crippen LogP contribution >= 0.6 is 0 Å². The number of alkyl halides is 6. The molecule has 2 N–H and O–H groups in total. The van der Waals surface area contributed by atoms with Crippen molar-refractivity contribution >= 4 is 12.2 Å². The zero-order chi connectivity index (χ0) is 35.0. The number of ether oxygens (including phenoxy) is 1. The Hall–Kier alpha value is -3.17. The molecule has 2 fully saturated rings. The molecule has 12 heteroatoms. The van der Waals surface area contributed by atoms with Gasteiger partial charge in [0, 0.05) is 42.0 Å². The second-order valence-electron chi connectivity index (χ2n) is 11.8. The summed E-state index contributed by atoms with van der Waals surface area (Å²) < 4.78 is 80.4. The van der Waals surface area contributed by atoms with Gasteiger partial charge in [-0.25, -0.2) is 4.79 Å². The molecule has 5 nitrogen and oxygen atoms in total. The summed E-state index contributed by atoms with van der Waals surface area (Å²) in [5, 5.41) is 10.4. The van der Waals surface area contributed by atoms with E-state index in [1.54, 1.807) is 17.0 Å². The van der Waals surface area contributed by atoms with Gasteiger partial charge in [0.25, 0.3) is 0 Å². The van der Waals surface area contributed by atoms with Gasteiger partial charge >= 0.3 is 18.4 Å². The predicted molar refractivity (Wildman–Crippen MR) is 204 cm³/mol. The standard InChI is InChI=1S/C22H22F3NO2.C14H18F3N.CH4O.3CH4.CH3.Pd.H2/c23-22(24,25)20-12-10-17(11-13-20)8-9-18-7-4-14-26(15-18)21(27)28-16-19-5-2-1-3-6-19;15-14(16,17)13-7-5-11(6-8-13)3-4-12-2-1-9-18-10-12;1-2;;;;;;/h1-3,5-6,8-13,18H,4,7,14-16H2;5-8,12,18H,1-4,9-10H2;2H,1H3;3*1H4;1H3;;1H/q;;;;;;-1;;. The molecule has 2 atom stereocenters. The number of aliphatic hydroxyl groups excluding tert-OH is 1. The van der Waals surface area contributed by atoms with Crippen molar-refractivity contribution in [2.75, 3.05) is 33.3 Å². The fraction of sp³-hybridized carbons (Fsp3) is 0.463. The minimum absolute atomic E-state index is 0. The number of hydrogen-bond acceptors (Lipinski definition) is 4. The third-order valence-corrected chi connectivity index (χ3v) is 8.24. The zero-order valence-electron chi connectivity index (χ0n) is 28.4. The molecule has 2 saturated heterocycles. The molecule has 1 amide bonds. The smallest absolute Gasteiger partial charge is 0.416 e. The first-order valence-electron chi connectivity index (χ1n) is 16.1. The van der Waals surface area contributed by atoms with Crippen LogP contribution in [0.4, 0.5) is 31.1 Å². The molecule has 2 heterocycles. The number of halogens is 6. The molecule has 3 aromatic carbocycles. The largest absolute Gasteiger partial charge is 0.445 e. The van der Waals surface area contributed by atoms with E-state index in [0.717, 1.165) is 69.1 Å². The maximum Gasteiger partial charge on any atom is 0.416 e. The van der Waals surface area contributed by atoms with Crippen molar-refractivity contribution in [1.29, 1.82) is 0 Å². The molecule has 0 aliphatic carbocycles. The van der Waals surface area contributed by atoms with Gasteiger partial charge in [-0.15, -0.1) is 0 Å². The maximum atomic E-state index is 12.6. The zero-order valence-corrected chi connectivity index (χ0v) is 29.9. The van der Waals surface area contributed by atoms with E-state index in [-0.39, 0.29) is 70.2 Å². The number of benzene rings is 3. The summed E-state index contributed by atoms with van der Waals surface area (Å²) in [4.78, 5) is 14.0. The number of aryl methyl sites for hydroxylation is 1. The first-order valence-corrected chi connectivity index (χ1v) is 16.1. The van der Waals surface area contributed by atoms with Crippen molar-refractivity contribution in [2.24, 2.45) is 11.8 Å². The minimum atomic E-state index is -4.33. The number of piperidine rings is 2. The molecular weight excluding hydrogens is 789 g/mol. The van der Waals surface area contributed by atoms with Crippen LogP contribution in [0.15, 0.2) is 84.9 Å². The van der Waals surface area contributed by atoms with Crippen LogP contribution in [0.2, 0.25) is 0 Å². The molecule has 0 radical (unpaired) electrons. The van der Waals surface area contributed by atoms with Crippen LogP contribution in [0, 0.1) is 19.3 Å². The normalized spacial score (nSPS) is 16.6. The number of rotatable bonds is 7. The first-order chi connectivity index (χ1) is 23.0. The second kappa shape index (κ2) is 27.4. The summed E-state index contributed by atoms with van der Waals surface area (Å²) >= 11 is 0. The summed E-state index contributed by atoms with van der Waals surface area (Å²) in [6.07, 6.45) is 1.02. The van der Waals surface area contributed by atoms with E-state index < -0.39 is 23.5 Å². The van der Waals surface area contributed by atoms with E-state index in [1.807, 2.05) is 42.5 Å². The van der Waals surface area contributed by atoms with Gasteiger partial charge in [-0.05, 0) is 104 Å². The van der Waals surface area contributed by atoms with E-state index in [1.165, 1.54) is 37.1 Å². The molecule has 2 unspecified atom stereocenters. The van der Waals surface area contributed by atoms with Gasteiger partial charge in [-0.3, -0.25) is 0 Å². The Balaban J connectivity index is -0.000000425. The summed E-state index contributed by atoms with van der Waals surface area (Å²) in [6.45, 7) is 3.57. The first kappa shape index (κ1) is 54.2. The molecule has 53 heavy (non-hydrogen) atoms. The predicted octanol–water partition coefficient (Wildman–Crippen LogP) is 11.6. The van der Waals surface area contributed by atoms with Crippen LogP contribution in [0.25, 0.3) is 6.08 Å². The minimum Gasteiger partial charge on any atom is -0.445 e. The second-order valence-corrected chi connectivity index (χ2v) is 11.8. The average Bonchev–Trinajstić information content (AvgIpc) is 3.10. The van der Waals surface area contributed by atoms with Gasteiger partial charge in [-0.1, -0.05) is 89.0 Å². The summed E-state index contributed by atoms with van der Waals surface area (Å²) in [5.41, 5.74) is 1.41. The molecule has 0 bridgehead atoms. The van der Waals surface area contributed by atoms with Crippen LogP contribution in [0.1, 0.15) is 83.6 Å². The number of nitrogens with one attached hydrogen (secondary N) is 1.